The summed E-state index contributed by atoms with van der Waals surface area (Å²) in [6.07, 6.45) is 2.00. The van der Waals surface area contributed by atoms with Gasteiger partial charge in [0.2, 0.25) is 0 Å². The first kappa shape index (κ1) is 11.6. The second kappa shape index (κ2) is 5.41. The predicted octanol–water partition coefficient (Wildman–Crippen LogP) is 1.53. The summed E-state index contributed by atoms with van der Waals surface area (Å²) in [5, 5.41) is 0. The minimum Gasteiger partial charge on any atom is -0.301 e. The molecule has 0 unspecified atom stereocenters. The minimum atomic E-state index is 1.05. The largest absolute Gasteiger partial charge is 0.301 e. The number of hydrogen-bond donors (Lipinski definition) is 0. The van der Waals surface area contributed by atoms with E-state index in [1.807, 2.05) is 13.1 Å². The molecular weight excluding hydrogens is 198 g/mol. The van der Waals surface area contributed by atoms with Crippen LogP contribution in [0.4, 0.5) is 0 Å². The third-order valence-corrected chi connectivity index (χ3v) is 3.29. The van der Waals surface area contributed by atoms with Gasteiger partial charge in [-0.25, -0.2) is 0 Å². The molecule has 0 bridgehead atoms. The van der Waals surface area contributed by atoms with Gasteiger partial charge < -0.3 is 4.90 Å². The molecule has 0 N–H and O–H groups in total. The highest BCUT2D eigenvalue weighted by atomic mass is 15.3. The van der Waals surface area contributed by atoms with E-state index < -0.39 is 0 Å². The van der Waals surface area contributed by atoms with Gasteiger partial charge in [-0.2, -0.15) is 0 Å². The molecule has 1 fully saturated rings. The number of hydrogen-bond acceptors (Lipinski definition) is 3. The highest BCUT2D eigenvalue weighted by molar-refractivity contribution is 5.13. The Morgan fingerprint density at radius 1 is 1.12 bits per heavy atom. The van der Waals surface area contributed by atoms with E-state index in [2.05, 4.69) is 33.8 Å². The summed E-state index contributed by atoms with van der Waals surface area (Å²) >= 11 is 0. The van der Waals surface area contributed by atoms with Gasteiger partial charge in [-0.05, 0) is 25.1 Å². The zero-order chi connectivity index (χ0) is 11.4. The van der Waals surface area contributed by atoms with Crippen LogP contribution >= 0.6 is 0 Å². The molecule has 0 aromatic carbocycles. The maximum atomic E-state index is 4.34. The van der Waals surface area contributed by atoms with Crippen molar-refractivity contribution in [3.05, 3.63) is 29.6 Å². The summed E-state index contributed by atoms with van der Waals surface area (Å²) in [5.41, 5.74) is 2.43. The second-order valence-corrected chi connectivity index (χ2v) is 4.52. The maximum Gasteiger partial charge on any atom is 0.0372 e. The van der Waals surface area contributed by atoms with E-state index in [0.29, 0.717) is 0 Å². The SMILES string of the molecule is CCN1CCN(Cc2ccc(C)nc2)CC1. The molecule has 2 heterocycles. The Bertz CT molecular complexity index is 312. The van der Waals surface area contributed by atoms with Crippen LogP contribution in [0.15, 0.2) is 18.3 Å². The van der Waals surface area contributed by atoms with Gasteiger partial charge in [-0.3, -0.25) is 9.88 Å². The average Bonchev–Trinajstić information content (AvgIpc) is 2.33. The monoisotopic (exact) mass is 219 g/mol. The van der Waals surface area contributed by atoms with E-state index in [4.69, 9.17) is 0 Å². The lowest BCUT2D eigenvalue weighted by Crippen LogP contribution is -2.45. The zero-order valence-electron chi connectivity index (χ0n) is 10.3. The highest BCUT2D eigenvalue weighted by Gasteiger charge is 2.15. The summed E-state index contributed by atoms with van der Waals surface area (Å²) in [6.45, 7) is 11.3. The Hall–Kier alpha value is -0.930. The van der Waals surface area contributed by atoms with Crippen molar-refractivity contribution in [2.45, 2.75) is 20.4 Å². The molecule has 3 heteroatoms. The van der Waals surface area contributed by atoms with E-state index in [9.17, 15) is 0 Å². The quantitative estimate of drug-likeness (QED) is 0.768. The lowest BCUT2D eigenvalue weighted by atomic mass is 10.2. The number of likely N-dealkylation sites (N-methyl/N-ethyl adjacent to an activating group) is 1. The Morgan fingerprint density at radius 2 is 1.81 bits per heavy atom. The van der Waals surface area contributed by atoms with Gasteiger partial charge in [0.25, 0.3) is 0 Å². The number of piperazine rings is 1. The van der Waals surface area contributed by atoms with Crippen LogP contribution in [-0.4, -0.2) is 47.5 Å². The molecule has 16 heavy (non-hydrogen) atoms. The molecule has 88 valence electrons. The number of rotatable bonds is 3. The molecule has 0 radical (unpaired) electrons. The zero-order valence-corrected chi connectivity index (χ0v) is 10.3. The number of aromatic nitrogens is 1. The molecule has 0 aliphatic carbocycles. The van der Waals surface area contributed by atoms with Crippen LogP contribution in [0, 0.1) is 6.92 Å². The van der Waals surface area contributed by atoms with Crippen molar-refractivity contribution >= 4 is 0 Å². The van der Waals surface area contributed by atoms with Gasteiger partial charge in [0.1, 0.15) is 0 Å². The average molecular weight is 219 g/mol. The van der Waals surface area contributed by atoms with Gasteiger partial charge >= 0.3 is 0 Å². The topological polar surface area (TPSA) is 19.4 Å². The van der Waals surface area contributed by atoms with E-state index in [1.165, 1.54) is 38.3 Å². The molecule has 1 aliphatic heterocycles. The van der Waals surface area contributed by atoms with Gasteiger partial charge in [0, 0.05) is 44.6 Å². The van der Waals surface area contributed by atoms with Crippen molar-refractivity contribution < 1.29 is 0 Å². The number of aryl methyl sites for hydroxylation is 1. The van der Waals surface area contributed by atoms with Crippen LogP contribution in [0.3, 0.4) is 0 Å². The minimum absolute atomic E-state index is 1.05. The van der Waals surface area contributed by atoms with Gasteiger partial charge in [-0.15, -0.1) is 0 Å². The van der Waals surface area contributed by atoms with Crippen molar-refractivity contribution in [2.24, 2.45) is 0 Å². The molecule has 1 aromatic heterocycles. The lowest BCUT2D eigenvalue weighted by Gasteiger charge is -2.33. The molecule has 3 nitrogen and oxygen atoms in total. The maximum absolute atomic E-state index is 4.34. The Kier molecular flexibility index (Phi) is 3.91. The fourth-order valence-electron chi connectivity index (χ4n) is 2.11. The Balaban J connectivity index is 1.84. The first-order valence-electron chi connectivity index (χ1n) is 6.14. The molecule has 1 aromatic rings. The molecule has 1 saturated heterocycles. The normalized spacial score (nSPS) is 18.9. The number of pyridine rings is 1. The second-order valence-electron chi connectivity index (χ2n) is 4.52. The fourth-order valence-corrected chi connectivity index (χ4v) is 2.11. The van der Waals surface area contributed by atoms with E-state index in [0.717, 1.165) is 12.2 Å². The predicted molar refractivity (Wildman–Crippen MR) is 66.4 cm³/mol. The molecule has 0 atom stereocenters. The molecule has 0 saturated carbocycles. The van der Waals surface area contributed by atoms with Crippen LogP contribution in [0.5, 0.6) is 0 Å². The third-order valence-electron chi connectivity index (χ3n) is 3.29. The Labute approximate surface area is 98.1 Å². The summed E-state index contributed by atoms with van der Waals surface area (Å²) in [4.78, 5) is 9.35. The van der Waals surface area contributed by atoms with E-state index in [1.54, 1.807) is 0 Å². The molecular formula is C13H21N3. The summed E-state index contributed by atoms with van der Waals surface area (Å²) in [7, 11) is 0. The van der Waals surface area contributed by atoms with Gasteiger partial charge in [0.15, 0.2) is 0 Å². The molecule has 0 amide bonds. The van der Waals surface area contributed by atoms with Crippen LogP contribution in [0.1, 0.15) is 18.2 Å². The van der Waals surface area contributed by atoms with Crippen molar-refractivity contribution in [3.8, 4) is 0 Å². The summed E-state index contributed by atoms with van der Waals surface area (Å²) < 4.78 is 0. The first-order valence-corrected chi connectivity index (χ1v) is 6.14. The molecule has 0 spiro atoms. The van der Waals surface area contributed by atoms with Gasteiger partial charge in [-0.1, -0.05) is 13.0 Å². The summed E-state index contributed by atoms with van der Waals surface area (Å²) in [5.74, 6) is 0. The van der Waals surface area contributed by atoms with E-state index in [-0.39, 0.29) is 0 Å². The first-order chi connectivity index (χ1) is 7.78. The van der Waals surface area contributed by atoms with Crippen molar-refractivity contribution in [1.82, 2.24) is 14.8 Å². The lowest BCUT2D eigenvalue weighted by molar-refractivity contribution is 0.132. The van der Waals surface area contributed by atoms with Crippen LogP contribution in [0.2, 0.25) is 0 Å². The fraction of sp³-hybridized carbons (Fsp3) is 0.615. The van der Waals surface area contributed by atoms with Crippen molar-refractivity contribution in [1.29, 1.82) is 0 Å². The summed E-state index contributed by atoms with van der Waals surface area (Å²) in [6, 6.07) is 4.28. The van der Waals surface area contributed by atoms with Crippen molar-refractivity contribution in [2.75, 3.05) is 32.7 Å². The van der Waals surface area contributed by atoms with Crippen LogP contribution in [-0.2, 0) is 6.54 Å². The Morgan fingerprint density at radius 3 is 2.38 bits per heavy atom. The number of nitrogens with zero attached hydrogens (tertiary/aromatic N) is 3. The van der Waals surface area contributed by atoms with Crippen molar-refractivity contribution in [3.63, 3.8) is 0 Å². The van der Waals surface area contributed by atoms with Crippen LogP contribution in [0.25, 0.3) is 0 Å². The molecule has 2 rings (SSSR count). The highest BCUT2D eigenvalue weighted by Crippen LogP contribution is 2.07. The van der Waals surface area contributed by atoms with E-state index >= 15 is 0 Å². The van der Waals surface area contributed by atoms with Crippen LogP contribution < -0.4 is 0 Å². The smallest absolute Gasteiger partial charge is 0.0372 e. The van der Waals surface area contributed by atoms with Gasteiger partial charge in [0.05, 0.1) is 0 Å². The molecule has 1 aliphatic rings. The standard InChI is InChI=1S/C13H21N3/c1-3-15-6-8-16(9-7-15)11-13-5-4-12(2)14-10-13/h4-5,10H,3,6-9,11H2,1-2H3. The third kappa shape index (κ3) is 3.03.